The van der Waals surface area contributed by atoms with E-state index in [-0.39, 0.29) is 5.56 Å². The molecule has 4 heteroatoms. The third kappa shape index (κ3) is 2.95. The van der Waals surface area contributed by atoms with E-state index in [1.54, 1.807) is 18.3 Å². The van der Waals surface area contributed by atoms with Crippen molar-refractivity contribution in [3.63, 3.8) is 0 Å². The molecule has 0 radical (unpaired) electrons. The minimum absolute atomic E-state index is 0.187. The number of pyridine rings is 1. The Balaban J connectivity index is 2.00. The molecular weight excluding hydrogens is 216 g/mol. The molecular formula is C13H14N2O2. The third-order valence-corrected chi connectivity index (χ3v) is 2.49. The molecule has 2 aromatic rings. The van der Waals surface area contributed by atoms with Gasteiger partial charge in [0.2, 0.25) is 0 Å². The average molecular weight is 230 g/mol. The van der Waals surface area contributed by atoms with Crippen LogP contribution in [0.5, 0.6) is 0 Å². The number of hydrogen-bond donors (Lipinski definition) is 3. The van der Waals surface area contributed by atoms with Crippen molar-refractivity contribution < 1.29 is 5.11 Å². The van der Waals surface area contributed by atoms with Gasteiger partial charge in [0.15, 0.2) is 0 Å². The molecule has 3 N–H and O–H groups in total. The van der Waals surface area contributed by atoms with Crippen LogP contribution in [0.2, 0.25) is 0 Å². The summed E-state index contributed by atoms with van der Waals surface area (Å²) in [6.45, 7) is 0.303. The molecule has 1 aromatic carbocycles. The van der Waals surface area contributed by atoms with Crippen LogP contribution in [0.1, 0.15) is 11.7 Å². The van der Waals surface area contributed by atoms with Crippen LogP contribution >= 0.6 is 0 Å². The van der Waals surface area contributed by atoms with Crippen molar-refractivity contribution in [1.82, 2.24) is 4.98 Å². The number of aliphatic hydroxyl groups excluding tert-OH is 1. The van der Waals surface area contributed by atoms with Crippen LogP contribution in [0.25, 0.3) is 0 Å². The Labute approximate surface area is 98.9 Å². The minimum atomic E-state index is -0.629. The van der Waals surface area contributed by atoms with Crippen LogP contribution in [0.15, 0.2) is 53.5 Å². The van der Waals surface area contributed by atoms with E-state index in [1.165, 1.54) is 0 Å². The molecule has 1 heterocycles. The van der Waals surface area contributed by atoms with Crippen molar-refractivity contribution in [2.75, 3.05) is 11.9 Å². The van der Waals surface area contributed by atoms with Gasteiger partial charge in [0, 0.05) is 12.7 Å². The predicted octanol–water partition coefficient (Wildman–Crippen LogP) is 1.52. The van der Waals surface area contributed by atoms with E-state index in [1.807, 2.05) is 30.3 Å². The van der Waals surface area contributed by atoms with Crippen LogP contribution in [0.3, 0.4) is 0 Å². The number of H-pyrrole nitrogens is 1. The molecule has 2 rings (SSSR count). The summed E-state index contributed by atoms with van der Waals surface area (Å²) in [5, 5.41) is 12.8. The second-order valence-corrected chi connectivity index (χ2v) is 3.72. The fraction of sp³-hybridized carbons (Fsp3) is 0.154. The largest absolute Gasteiger partial charge is 0.387 e. The molecule has 0 amide bonds. The van der Waals surface area contributed by atoms with E-state index >= 15 is 0 Å². The summed E-state index contributed by atoms with van der Waals surface area (Å²) in [5.74, 6) is 0. The van der Waals surface area contributed by atoms with E-state index in [2.05, 4.69) is 10.3 Å². The summed E-state index contributed by atoms with van der Waals surface area (Å²) in [4.78, 5) is 13.9. The van der Waals surface area contributed by atoms with Gasteiger partial charge in [-0.3, -0.25) is 4.79 Å². The van der Waals surface area contributed by atoms with Crippen molar-refractivity contribution >= 4 is 5.69 Å². The number of rotatable bonds is 4. The number of aromatic nitrogens is 1. The van der Waals surface area contributed by atoms with Gasteiger partial charge in [0.25, 0.3) is 5.56 Å². The van der Waals surface area contributed by atoms with Crippen LogP contribution in [-0.2, 0) is 0 Å². The minimum Gasteiger partial charge on any atom is -0.387 e. The number of aromatic amines is 1. The molecule has 17 heavy (non-hydrogen) atoms. The zero-order chi connectivity index (χ0) is 12.1. The molecule has 0 spiro atoms. The highest BCUT2D eigenvalue weighted by molar-refractivity contribution is 5.40. The average Bonchev–Trinajstić information content (AvgIpc) is 2.38. The van der Waals surface area contributed by atoms with E-state index in [4.69, 9.17) is 0 Å². The summed E-state index contributed by atoms with van der Waals surface area (Å²) in [6, 6.07) is 12.7. The second-order valence-electron chi connectivity index (χ2n) is 3.72. The lowest BCUT2D eigenvalue weighted by Gasteiger charge is -2.12. The second kappa shape index (κ2) is 5.32. The first-order valence-electron chi connectivity index (χ1n) is 5.42. The smallest absolute Gasteiger partial charge is 0.271 e. The predicted molar refractivity (Wildman–Crippen MR) is 67.0 cm³/mol. The monoisotopic (exact) mass is 230 g/mol. The first kappa shape index (κ1) is 11.4. The maximum Gasteiger partial charge on any atom is 0.271 e. The third-order valence-electron chi connectivity index (χ3n) is 2.49. The first-order valence-corrected chi connectivity index (χ1v) is 5.42. The molecule has 0 saturated carbocycles. The summed E-state index contributed by atoms with van der Waals surface area (Å²) in [7, 11) is 0. The first-order chi connectivity index (χ1) is 8.27. The number of hydrogen-bond acceptors (Lipinski definition) is 3. The normalized spacial score (nSPS) is 12.1. The van der Waals surface area contributed by atoms with Crippen LogP contribution in [-0.4, -0.2) is 16.6 Å². The van der Waals surface area contributed by atoms with Gasteiger partial charge in [-0.15, -0.1) is 0 Å². The molecule has 88 valence electrons. The van der Waals surface area contributed by atoms with Gasteiger partial charge in [0.1, 0.15) is 5.69 Å². The lowest BCUT2D eigenvalue weighted by atomic mass is 10.1. The van der Waals surface area contributed by atoms with Crippen LogP contribution in [0, 0.1) is 0 Å². The van der Waals surface area contributed by atoms with Crippen molar-refractivity contribution in [2.45, 2.75) is 6.10 Å². The highest BCUT2D eigenvalue weighted by Gasteiger charge is 2.07. The zero-order valence-electron chi connectivity index (χ0n) is 9.26. The van der Waals surface area contributed by atoms with E-state index in [9.17, 15) is 9.90 Å². The molecule has 1 aromatic heterocycles. The van der Waals surface area contributed by atoms with Gasteiger partial charge >= 0.3 is 0 Å². The zero-order valence-corrected chi connectivity index (χ0v) is 9.26. The number of anilines is 1. The molecule has 1 atom stereocenters. The van der Waals surface area contributed by atoms with Crippen molar-refractivity contribution in [3.05, 3.63) is 64.6 Å². The Hall–Kier alpha value is -2.07. The Kier molecular flexibility index (Phi) is 3.57. The van der Waals surface area contributed by atoms with Gasteiger partial charge in [-0.1, -0.05) is 30.3 Å². The van der Waals surface area contributed by atoms with E-state index < -0.39 is 6.10 Å². The highest BCUT2D eigenvalue weighted by atomic mass is 16.3. The van der Waals surface area contributed by atoms with E-state index in [0.717, 1.165) is 5.56 Å². The SMILES string of the molecule is O=c1[nH]cccc1NC[C@@H](O)c1ccccc1. The molecule has 4 nitrogen and oxygen atoms in total. The fourth-order valence-electron chi connectivity index (χ4n) is 1.56. The molecule has 0 aliphatic heterocycles. The molecule has 0 unspecified atom stereocenters. The maximum atomic E-state index is 11.4. The lowest BCUT2D eigenvalue weighted by Crippen LogP contribution is -2.18. The van der Waals surface area contributed by atoms with Crippen molar-refractivity contribution in [2.24, 2.45) is 0 Å². The molecule has 0 aliphatic carbocycles. The Morgan fingerprint density at radius 2 is 1.94 bits per heavy atom. The van der Waals surface area contributed by atoms with Crippen molar-refractivity contribution in [3.8, 4) is 0 Å². The maximum absolute atomic E-state index is 11.4. The molecule has 0 fully saturated rings. The van der Waals surface area contributed by atoms with Crippen LogP contribution in [0.4, 0.5) is 5.69 Å². The Bertz CT molecular complexity index is 522. The molecule has 0 aliphatic rings. The summed E-state index contributed by atoms with van der Waals surface area (Å²) in [5.41, 5.74) is 1.10. The Morgan fingerprint density at radius 1 is 1.18 bits per heavy atom. The van der Waals surface area contributed by atoms with Crippen LogP contribution < -0.4 is 10.9 Å². The number of aliphatic hydroxyl groups is 1. The van der Waals surface area contributed by atoms with Gasteiger partial charge in [-0.2, -0.15) is 0 Å². The summed E-state index contributed by atoms with van der Waals surface area (Å²) >= 11 is 0. The quantitative estimate of drug-likeness (QED) is 0.746. The molecule has 0 bridgehead atoms. The van der Waals surface area contributed by atoms with Gasteiger partial charge in [0.05, 0.1) is 6.10 Å². The van der Waals surface area contributed by atoms with Gasteiger partial charge in [-0.05, 0) is 17.7 Å². The standard InChI is InChI=1S/C13H14N2O2/c16-12(10-5-2-1-3-6-10)9-15-11-7-4-8-14-13(11)17/h1-8,12,15-16H,9H2,(H,14,17)/t12-/m1/s1. The highest BCUT2D eigenvalue weighted by Crippen LogP contribution is 2.12. The van der Waals surface area contributed by atoms with Gasteiger partial charge < -0.3 is 15.4 Å². The fourth-order valence-corrected chi connectivity index (χ4v) is 1.56. The number of benzene rings is 1. The lowest BCUT2D eigenvalue weighted by molar-refractivity contribution is 0.191. The van der Waals surface area contributed by atoms with E-state index in [0.29, 0.717) is 12.2 Å². The summed E-state index contributed by atoms with van der Waals surface area (Å²) < 4.78 is 0. The number of nitrogens with one attached hydrogen (secondary N) is 2. The van der Waals surface area contributed by atoms with Gasteiger partial charge in [-0.25, -0.2) is 0 Å². The summed E-state index contributed by atoms with van der Waals surface area (Å²) in [6.07, 6.45) is 0.942. The molecule has 0 saturated heterocycles. The van der Waals surface area contributed by atoms with Crippen molar-refractivity contribution in [1.29, 1.82) is 0 Å². The topological polar surface area (TPSA) is 65.1 Å². The Morgan fingerprint density at radius 3 is 2.65 bits per heavy atom.